The molecule has 2 rings (SSSR count). The number of nitrogens with zero attached hydrogens (tertiary/aromatic N) is 1. The smallest absolute Gasteiger partial charge is 0.335 e. The van der Waals surface area contributed by atoms with E-state index in [0.717, 1.165) is 37.0 Å². The third-order valence-electron chi connectivity index (χ3n) is 4.87. The largest absolute Gasteiger partial charge is 0.466 e. The van der Waals surface area contributed by atoms with Gasteiger partial charge in [-0.3, -0.25) is 0 Å². The maximum atomic E-state index is 12.1. The Balaban J connectivity index is 2.44. The van der Waals surface area contributed by atoms with Crippen LogP contribution in [-0.2, 0) is 9.53 Å². The first-order valence-electron chi connectivity index (χ1n) is 7.52. The number of hydrogen-bond acceptors (Lipinski definition) is 4. The van der Waals surface area contributed by atoms with Crippen molar-refractivity contribution in [1.29, 1.82) is 5.26 Å². The molecule has 0 aromatic heterocycles. The summed E-state index contributed by atoms with van der Waals surface area (Å²) in [6, 6.07) is 2.44. The molecule has 20 heavy (non-hydrogen) atoms. The Bertz CT molecular complexity index is 464. The predicted molar refractivity (Wildman–Crippen MR) is 76.6 cm³/mol. The Morgan fingerprint density at radius 3 is 2.60 bits per heavy atom. The summed E-state index contributed by atoms with van der Waals surface area (Å²) in [7, 11) is 1.43. The quantitative estimate of drug-likeness (QED) is 0.748. The molecule has 1 N–H and O–H groups in total. The maximum absolute atomic E-state index is 12.1. The van der Waals surface area contributed by atoms with E-state index in [9.17, 15) is 10.1 Å². The number of rotatable bonds is 1. The first kappa shape index (κ1) is 14.9. The van der Waals surface area contributed by atoms with Gasteiger partial charge in [-0.25, -0.2) is 4.79 Å². The maximum Gasteiger partial charge on any atom is 0.335 e. The Morgan fingerprint density at radius 1 is 1.35 bits per heavy atom. The van der Waals surface area contributed by atoms with Crippen LogP contribution in [-0.4, -0.2) is 18.6 Å². The highest BCUT2D eigenvalue weighted by atomic mass is 16.5. The lowest BCUT2D eigenvalue weighted by Crippen LogP contribution is -2.54. The van der Waals surface area contributed by atoms with Gasteiger partial charge in [0.25, 0.3) is 0 Å². The number of methoxy groups -OCH3 is 1. The van der Waals surface area contributed by atoms with E-state index in [4.69, 9.17) is 4.74 Å². The first-order chi connectivity index (χ1) is 9.53. The van der Waals surface area contributed by atoms with Gasteiger partial charge in [-0.15, -0.1) is 0 Å². The van der Waals surface area contributed by atoms with Crippen LogP contribution in [0.1, 0.15) is 52.4 Å². The van der Waals surface area contributed by atoms with Gasteiger partial charge < -0.3 is 10.1 Å². The van der Waals surface area contributed by atoms with E-state index < -0.39 is 5.54 Å². The highest BCUT2D eigenvalue weighted by Gasteiger charge is 2.46. The second-order valence-electron chi connectivity index (χ2n) is 6.17. The van der Waals surface area contributed by atoms with E-state index in [2.05, 4.69) is 11.4 Å². The van der Waals surface area contributed by atoms with E-state index in [1.54, 1.807) is 0 Å². The third-order valence-corrected chi connectivity index (χ3v) is 4.87. The molecule has 0 aromatic carbocycles. The van der Waals surface area contributed by atoms with Crippen LogP contribution >= 0.6 is 0 Å². The van der Waals surface area contributed by atoms with E-state index in [0.29, 0.717) is 0 Å². The van der Waals surface area contributed by atoms with Crippen LogP contribution in [0.25, 0.3) is 0 Å². The van der Waals surface area contributed by atoms with Gasteiger partial charge in [0.05, 0.1) is 18.8 Å². The summed E-state index contributed by atoms with van der Waals surface area (Å²) in [5.41, 5.74) is 0.985. The molecule has 2 aliphatic rings. The summed E-state index contributed by atoms with van der Waals surface area (Å²) in [5, 5.41) is 12.9. The van der Waals surface area contributed by atoms with Crippen molar-refractivity contribution < 1.29 is 9.53 Å². The highest BCUT2D eigenvalue weighted by Crippen LogP contribution is 2.43. The van der Waals surface area contributed by atoms with Gasteiger partial charge in [0.15, 0.2) is 0 Å². The van der Waals surface area contributed by atoms with Crippen LogP contribution in [0.4, 0.5) is 0 Å². The Morgan fingerprint density at radius 2 is 2.00 bits per heavy atom. The zero-order valence-corrected chi connectivity index (χ0v) is 12.7. The highest BCUT2D eigenvalue weighted by molar-refractivity contribution is 5.90. The molecule has 1 heterocycles. The Labute approximate surface area is 121 Å². The third kappa shape index (κ3) is 2.54. The molecular formula is C16H24N2O2. The molecule has 0 saturated heterocycles. The van der Waals surface area contributed by atoms with Gasteiger partial charge in [0, 0.05) is 11.6 Å². The molecule has 0 amide bonds. The number of nitrogens with one attached hydrogen (secondary N) is 1. The minimum absolute atomic E-state index is 0.147. The average Bonchev–Trinajstić information content (AvgIpc) is 2.39. The molecule has 0 spiro atoms. The molecule has 0 bridgehead atoms. The monoisotopic (exact) mass is 276 g/mol. The molecule has 1 aliphatic heterocycles. The van der Waals surface area contributed by atoms with Gasteiger partial charge in [0.1, 0.15) is 5.54 Å². The standard InChI is InChI=1S/C16H24N2O2/c1-11-14(15(19)20-3)12-8-6-4-5-7-9-13(12)16(2,10-17)18-11/h12-13,18H,4-9H2,1-3H3/t12-,13-,16?/m0/s1. The van der Waals surface area contributed by atoms with Gasteiger partial charge in [0.2, 0.25) is 0 Å². The average molecular weight is 276 g/mol. The number of hydrogen-bond donors (Lipinski definition) is 1. The number of ether oxygens (including phenoxy) is 1. The zero-order valence-electron chi connectivity index (χ0n) is 12.7. The molecular weight excluding hydrogens is 252 g/mol. The minimum atomic E-state index is -0.580. The summed E-state index contributed by atoms with van der Waals surface area (Å²) >= 11 is 0. The van der Waals surface area contributed by atoms with Crippen molar-refractivity contribution in [1.82, 2.24) is 5.32 Å². The summed E-state index contributed by atoms with van der Waals surface area (Å²) in [4.78, 5) is 12.1. The normalized spacial score (nSPS) is 34.1. The van der Waals surface area contributed by atoms with Crippen molar-refractivity contribution in [2.45, 2.75) is 57.9 Å². The first-order valence-corrected chi connectivity index (χ1v) is 7.52. The molecule has 0 radical (unpaired) electrons. The van der Waals surface area contributed by atoms with Gasteiger partial charge in [-0.1, -0.05) is 25.7 Å². The van der Waals surface area contributed by atoms with Crippen molar-refractivity contribution in [3.05, 3.63) is 11.3 Å². The molecule has 1 saturated carbocycles. The van der Waals surface area contributed by atoms with Crippen LogP contribution in [0.15, 0.2) is 11.3 Å². The zero-order chi connectivity index (χ0) is 14.8. The van der Waals surface area contributed by atoms with Crippen molar-refractivity contribution in [3.63, 3.8) is 0 Å². The molecule has 1 unspecified atom stereocenters. The lowest BCUT2D eigenvalue weighted by Gasteiger charge is -2.45. The van der Waals surface area contributed by atoms with Gasteiger partial charge in [-0.05, 0) is 32.6 Å². The van der Waals surface area contributed by atoms with Crippen molar-refractivity contribution >= 4 is 5.97 Å². The molecule has 4 nitrogen and oxygen atoms in total. The van der Waals surface area contributed by atoms with E-state index in [1.165, 1.54) is 20.0 Å². The Kier molecular flexibility index (Phi) is 4.37. The van der Waals surface area contributed by atoms with Crippen molar-refractivity contribution in [3.8, 4) is 6.07 Å². The molecule has 3 atom stereocenters. The van der Waals surface area contributed by atoms with Crippen LogP contribution in [0.3, 0.4) is 0 Å². The van der Waals surface area contributed by atoms with Crippen molar-refractivity contribution in [2.24, 2.45) is 11.8 Å². The fourth-order valence-corrected chi connectivity index (χ4v) is 3.87. The van der Waals surface area contributed by atoms with Crippen molar-refractivity contribution in [2.75, 3.05) is 7.11 Å². The topological polar surface area (TPSA) is 62.1 Å². The summed E-state index contributed by atoms with van der Waals surface area (Å²) in [6.45, 7) is 3.85. The SMILES string of the molecule is COC(=O)C1=C(C)NC(C)(C#N)[C@H]2CCCCCC[C@H]12. The minimum Gasteiger partial charge on any atom is -0.466 e. The van der Waals surface area contributed by atoms with Crippen LogP contribution in [0.2, 0.25) is 0 Å². The lowest BCUT2D eigenvalue weighted by atomic mass is 9.66. The molecule has 110 valence electrons. The molecule has 1 aliphatic carbocycles. The molecule has 4 heteroatoms. The second-order valence-corrected chi connectivity index (χ2v) is 6.17. The molecule has 0 aromatic rings. The predicted octanol–water partition coefficient (Wildman–Crippen LogP) is 2.91. The number of carbonyl (C=O) groups excluding carboxylic acids is 1. The second kappa shape index (κ2) is 5.87. The number of carbonyl (C=O) groups is 1. The fourth-order valence-electron chi connectivity index (χ4n) is 3.87. The number of fused-ring (bicyclic) bond motifs is 1. The van der Waals surface area contributed by atoms with Gasteiger partial charge in [-0.2, -0.15) is 5.26 Å². The van der Waals surface area contributed by atoms with Crippen LogP contribution in [0, 0.1) is 23.2 Å². The fraction of sp³-hybridized carbons (Fsp3) is 0.750. The van der Waals surface area contributed by atoms with E-state index >= 15 is 0 Å². The van der Waals surface area contributed by atoms with E-state index in [-0.39, 0.29) is 17.8 Å². The number of allylic oxidation sites excluding steroid dienone is 1. The summed E-state index contributed by atoms with van der Waals surface area (Å²) < 4.78 is 4.96. The molecule has 1 fully saturated rings. The Hall–Kier alpha value is -1.50. The van der Waals surface area contributed by atoms with Gasteiger partial charge >= 0.3 is 5.97 Å². The summed E-state index contributed by atoms with van der Waals surface area (Å²) in [6.07, 6.45) is 6.67. The summed E-state index contributed by atoms with van der Waals surface area (Å²) in [5.74, 6) is 0.0878. The van der Waals surface area contributed by atoms with Crippen LogP contribution in [0.5, 0.6) is 0 Å². The lowest BCUT2D eigenvalue weighted by molar-refractivity contribution is -0.137. The van der Waals surface area contributed by atoms with E-state index in [1.807, 2.05) is 13.8 Å². The number of esters is 1. The number of nitriles is 1. The van der Waals surface area contributed by atoms with Crippen LogP contribution < -0.4 is 5.32 Å².